The third-order valence-corrected chi connectivity index (χ3v) is 2.33. The molecule has 0 unspecified atom stereocenters. The largest absolute Gasteiger partial charge is 0.497 e. The molecule has 1 aromatic heterocycles. The second-order valence-corrected chi connectivity index (χ2v) is 3.25. The van der Waals surface area contributed by atoms with Crippen LogP contribution in [0.15, 0.2) is 24.4 Å². The van der Waals surface area contributed by atoms with E-state index in [1.54, 1.807) is 18.2 Å². The van der Waals surface area contributed by atoms with Gasteiger partial charge in [-0.05, 0) is 12.1 Å². The van der Waals surface area contributed by atoms with E-state index < -0.39 is 11.8 Å². The summed E-state index contributed by atoms with van der Waals surface area (Å²) < 4.78 is 5.02. The molecule has 5 nitrogen and oxygen atoms in total. The summed E-state index contributed by atoms with van der Waals surface area (Å²) in [6.07, 6.45) is 1.39. The van der Waals surface area contributed by atoms with Gasteiger partial charge in [-0.2, -0.15) is 0 Å². The fourth-order valence-corrected chi connectivity index (χ4v) is 1.54. The summed E-state index contributed by atoms with van der Waals surface area (Å²) in [6.45, 7) is 0. The number of carbonyl (C=O) groups is 2. The maximum atomic E-state index is 11.3. The maximum absolute atomic E-state index is 11.3. The minimum atomic E-state index is -1.46. The summed E-state index contributed by atoms with van der Waals surface area (Å²) in [6, 6.07) is 5.03. The number of ether oxygens (including phenoxy) is 1. The first kappa shape index (κ1) is 10.2. The number of aromatic amines is 1. The average molecular weight is 219 g/mol. The zero-order chi connectivity index (χ0) is 11.7. The Kier molecular flexibility index (Phi) is 2.36. The molecule has 2 rings (SSSR count). The number of H-pyrrole nitrogens is 1. The number of methoxy groups -OCH3 is 1. The van der Waals surface area contributed by atoms with Crippen LogP contribution >= 0.6 is 0 Å². The first-order chi connectivity index (χ1) is 7.63. The van der Waals surface area contributed by atoms with E-state index in [9.17, 15) is 9.59 Å². The molecule has 0 fully saturated rings. The standard InChI is InChI=1S/C11H9NO4/c1-16-6-2-3-7-8(10(13)11(14)15)5-12-9(7)4-6/h2-5,12H,1H3,(H,14,15). The molecule has 16 heavy (non-hydrogen) atoms. The van der Waals surface area contributed by atoms with Crippen LogP contribution in [-0.2, 0) is 4.79 Å². The number of nitrogens with one attached hydrogen (secondary N) is 1. The van der Waals surface area contributed by atoms with Gasteiger partial charge in [-0.1, -0.05) is 0 Å². The number of carboxylic acid groups (broad SMARTS) is 1. The van der Waals surface area contributed by atoms with Crippen molar-refractivity contribution in [2.45, 2.75) is 0 Å². The molecule has 2 aromatic rings. The molecule has 0 saturated heterocycles. The Bertz CT molecular complexity index is 570. The number of ketones is 1. The van der Waals surface area contributed by atoms with Gasteiger partial charge < -0.3 is 14.8 Å². The van der Waals surface area contributed by atoms with Crippen molar-refractivity contribution >= 4 is 22.7 Å². The molecule has 2 N–H and O–H groups in total. The van der Waals surface area contributed by atoms with Gasteiger partial charge in [0.2, 0.25) is 0 Å². The fraction of sp³-hybridized carbons (Fsp3) is 0.0909. The number of carbonyl (C=O) groups excluding carboxylic acids is 1. The molecule has 5 heteroatoms. The van der Waals surface area contributed by atoms with E-state index in [1.165, 1.54) is 13.3 Å². The molecule has 1 heterocycles. The van der Waals surface area contributed by atoms with E-state index in [2.05, 4.69) is 4.98 Å². The number of rotatable bonds is 3. The Balaban J connectivity index is 2.58. The number of fused-ring (bicyclic) bond motifs is 1. The minimum absolute atomic E-state index is 0.158. The number of benzene rings is 1. The van der Waals surface area contributed by atoms with E-state index >= 15 is 0 Å². The Morgan fingerprint density at radius 1 is 1.38 bits per heavy atom. The smallest absolute Gasteiger partial charge is 0.377 e. The highest BCUT2D eigenvalue weighted by molar-refractivity contribution is 6.42. The zero-order valence-corrected chi connectivity index (χ0v) is 8.48. The number of aromatic nitrogens is 1. The molecule has 0 radical (unpaired) electrons. The molecular weight excluding hydrogens is 210 g/mol. The second-order valence-electron chi connectivity index (χ2n) is 3.25. The van der Waals surface area contributed by atoms with Gasteiger partial charge in [-0.15, -0.1) is 0 Å². The van der Waals surface area contributed by atoms with Crippen LogP contribution in [0.3, 0.4) is 0 Å². The van der Waals surface area contributed by atoms with Crippen molar-refractivity contribution in [2.75, 3.05) is 7.11 Å². The normalized spacial score (nSPS) is 10.3. The molecule has 0 atom stereocenters. The van der Waals surface area contributed by atoms with Crippen molar-refractivity contribution in [1.82, 2.24) is 4.98 Å². The van der Waals surface area contributed by atoms with Crippen molar-refractivity contribution in [3.63, 3.8) is 0 Å². The van der Waals surface area contributed by atoms with E-state index in [0.717, 1.165) is 0 Å². The predicted octanol–water partition coefficient (Wildman–Crippen LogP) is 1.44. The van der Waals surface area contributed by atoms with Crippen LogP contribution in [0.4, 0.5) is 0 Å². The highest BCUT2D eigenvalue weighted by Crippen LogP contribution is 2.23. The molecule has 0 aliphatic carbocycles. The van der Waals surface area contributed by atoms with Gasteiger partial charge in [0, 0.05) is 23.2 Å². The van der Waals surface area contributed by atoms with Gasteiger partial charge in [-0.25, -0.2) is 4.79 Å². The SMILES string of the molecule is COc1ccc2c(C(=O)C(=O)O)c[nH]c2c1. The number of aliphatic carboxylic acids is 1. The highest BCUT2D eigenvalue weighted by Gasteiger charge is 2.18. The van der Waals surface area contributed by atoms with Crippen molar-refractivity contribution in [2.24, 2.45) is 0 Å². The van der Waals surface area contributed by atoms with Crippen LogP contribution in [-0.4, -0.2) is 29.0 Å². The zero-order valence-electron chi connectivity index (χ0n) is 8.48. The van der Waals surface area contributed by atoms with Crippen LogP contribution in [0, 0.1) is 0 Å². The van der Waals surface area contributed by atoms with Gasteiger partial charge in [0.05, 0.1) is 12.7 Å². The lowest BCUT2D eigenvalue weighted by Crippen LogP contribution is -2.11. The molecule has 1 aromatic carbocycles. The van der Waals surface area contributed by atoms with Crippen LogP contribution in [0.2, 0.25) is 0 Å². The molecule has 0 amide bonds. The summed E-state index contributed by atoms with van der Waals surface area (Å²) in [5.41, 5.74) is 0.828. The minimum Gasteiger partial charge on any atom is -0.497 e. The molecule has 0 spiro atoms. The summed E-state index contributed by atoms with van der Waals surface area (Å²) >= 11 is 0. The summed E-state index contributed by atoms with van der Waals surface area (Å²) in [5.74, 6) is -1.74. The lowest BCUT2D eigenvalue weighted by atomic mass is 10.1. The summed E-state index contributed by atoms with van der Waals surface area (Å²) in [7, 11) is 1.54. The third kappa shape index (κ3) is 1.52. The average Bonchev–Trinajstić information content (AvgIpc) is 2.70. The van der Waals surface area contributed by atoms with Gasteiger partial charge >= 0.3 is 5.97 Å². The number of hydrogen-bond acceptors (Lipinski definition) is 3. The first-order valence-electron chi connectivity index (χ1n) is 4.56. The Hall–Kier alpha value is -2.30. The third-order valence-electron chi connectivity index (χ3n) is 2.33. The fourth-order valence-electron chi connectivity index (χ4n) is 1.54. The van der Waals surface area contributed by atoms with Crippen LogP contribution < -0.4 is 4.74 Å². The molecule has 82 valence electrons. The van der Waals surface area contributed by atoms with E-state index in [0.29, 0.717) is 16.7 Å². The Labute approximate surface area is 90.6 Å². The maximum Gasteiger partial charge on any atom is 0.377 e. The summed E-state index contributed by atoms with van der Waals surface area (Å²) in [4.78, 5) is 24.7. The van der Waals surface area contributed by atoms with E-state index in [-0.39, 0.29) is 5.56 Å². The Morgan fingerprint density at radius 2 is 2.12 bits per heavy atom. The summed E-state index contributed by atoms with van der Waals surface area (Å²) in [5, 5.41) is 9.20. The van der Waals surface area contributed by atoms with Crippen LogP contribution in [0.1, 0.15) is 10.4 Å². The van der Waals surface area contributed by atoms with Crippen LogP contribution in [0.25, 0.3) is 10.9 Å². The predicted molar refractivity (Wildman–Crippen MR) is 56.8 cm³/mol. The number of carboxylic acids is 1. The van der Waals surface area contributed by atoms with E-state index in [4.69, 9.17) is 9.84 Å². The molecule has 0 aliphatic rings. The van der Waals surface area contributed by atoms with Crippen molar-refractivity contribution in [1.29, 1.82) is 0 Å². The highest BCUT2D eigenvalue weighted by atomic mass is 16.5. The molecule has 0 saturated carbocycles. The molecule has 0 aliphatic heterocycles. The van der Waals surface area contributed by atoms with Crippen molar-refractivity contribution in [3.8, 4) is 5.75 Å². The molecular formula is C11H9NO4. The topological polar surface area (TPSA) is 79.4 Å². The lowest BCUT2D eigenvalue weighted by molar-refractivity contribution is -0.131. The lowest BCUT2D eigenvalue weighted by Gasteiger charge is -1.99. The van der Waals surface area contributed by atoms with Gasteiger partial charge in [0.15, 0.2) is 0 Å². The Morgan fingerprint density at radius 3 is 2.75 bits per heavy atom. The second kappa shape index (κ2) is 3.69. The van der Waals surface area contributed by atoms with Gasteiger partial charge in [0.25, 0.3) is 5.78 Å². The quantitative estimate of drug-likeness (QED) is 0.604. The first-order valence-corrected chi connectivity index (χ1v) is 4.56. The van der Waals surface area contributed by atoms with Gasteiger partial charge in [0.1, 0.15) is 5.75 Å². The van der Waals surface area contributed by atoms with Crippen LogP contribution in [0.5, 0.6) is 5.75 Å². The number of Topliss-reactive ketones (excluding diaryl/α,β-unsaturated/α-hetero) is 1. The van der Waals surface area contributed by atoms with Gasteiger partial charge in [-0.3, -0.25) is 4.79 Å². The molecule has 0 bridgehead atoms. The van der Waals surface area contributed by atoms with Crippen molar-refractivity contribution < 1.29 is 19.4 Å². The van der Waals surface area contributed by atoms with Crippen molar-refractivity contribution in [3.05, 3.63) is 30.0 Å². The number of hydrogen-bond donors (Lipinski definition) is 2. The monoisotopic (exact) mass is 219 g/mol. The van der Waals surface area contributed by atoms with E-state index in [1.807, 2.05) is 0 Å².